The zero-order chi connectivity index (χ0) is 12.8. The number of carbonyl (C=O) groups excluding carboxylic acids is 1. The second-order valence-electron chi connectivity index (χ2n) is 3.93. The summed E-state index contributed by atoms with van der Waals surface area (Å²) in [5, 5.41) is 4.83. The van der Waals surface area contributed by atoms with E-state index in [0.29, 0.717) is 13.0 Å². The van der Waals surface area contributed by atoms with Crippen molar-refractivity contribution in [3.8, 4) is 0 Å². The molecule has 18 heavy (non-hydrogen) atoms. The van der Waals surface area contributed by atoms with E-state index in [-0.39, 0.29) is 5.78 Å². The lowest BCUT2D eigenvalue weighted by molar-refractivity contribution is -0.119. The Kier molecular flexibility index (Phi) is 4.52. The van der Waals surface area contributed by atoms with Crippen LogP contribution in [0.1, 0.15) is 12.0 Å². The quantitative estimate of drug-likeness (QED) is 0.748. The third-order valence-electron chi connectivity index (χ3n) is 2.62. The Morgan fingerprint density at radius 1 is 1.33 bits per heavy atom. The van der Waals surface area contributed by atoms with Gasteiger partial charge in [-0.25, -0.2) is 9.67 Å². The van der Waals surface area contributed by atoms with Gasteiger partial charge in [-0.15, -0.1) is 0 Å². The summed E-state index contributed by atoms with van der Waals surface area (Å²) in [5.74, 6) is 0.180. The first-order valence-corrected chi connectivity index (χ1v) is 6.99. The van der Waals surface area contributed by atoms with Crippen molar-refractivity contribution in [1.29, 1.82) is 0 Å². The van der Waals surface area contributed by atoms with E-state index in [1.807, 2.05) is 36.6 Å². The van der Waals surface area contributed by atoms with Crippen LogP contribution in [0.5, 0.6) is 0 Å². The largest absolute Gasteiger partial charge is 0.298 e. The molecule has 2 aromatic rings. The summed E-state index contributed by atoms with van der Waals surface area (Å²) in [6.07, 6.45) is 4.73. The van der Waals surface area contributed by atoms with Crippen LogP contribution in [0.2, 0.25) is 0 Å². The maximum Gasteiger partial charge on any atom is 0.186 e. The molecule has 0 bridgehead atoms. The highest BCUT2D eigenvalue weighted by molar-refractivity contribution is 7.98. The summed E-state index contributed by atoms with van der Waals surface area (Å²) in [5.41, 5.74) is 1.19. The van der Waals surface area contributed by atoms with Crippen LogP contribution in [0.25, 0.3) is 0 Å². The second-order valence-corrected chi connectivity index (χ2v) is 4.70. The first-order valence-electron chi connectivity index (χ1n) is 5.77. The van der Waals surface area contributed by atoms with Crippen molar-refractivity contribution >= 4 is 17.5 Å². The zero-order valence-corrected chi connectivity index (χ0v) is 11.1. The van der Waals surface area contributed by atoms with Crippen molar-refractivity contribution in [2.24, 2.45) is 0 Å². The van der Waals surface area contributed by atoms with Crippen molar-refractivity contribution in [2.45, 2.75) is 24.5 Å². The Morgan fingerprint density at radius 3 is 2.83 bits per heavy atom. The average Bonchev–Trinajstić information content (AvgIpc) is 2.85. The Balaban J connectivity index is 1.86. The summed E-state index contributed by atoms with van der Waals surface area (Å²) < 4.78 is 1.65. The lowest BCUT2D eigenvalue weighted by Crippen LogP contribution is -2.13. The fourth-order valence-corrected chi connectivity index (χ4v) is 2.17. The highest BCUT2D eigenvalue weighted by atomic mass is 32.2. The normalized spacial score (nSPS) is 10.5. The van der Waals surface area contributed by atoms with E-state index >= 15 is 0 Å². The lowest BCUT2D eigenvalue weighted by atomic mass is 10.1. The van der Waals surface area contributed by atoms with Crippen LogP contribution in [0.15, 0.2) is 41.8 Å². The Morgan fingerprint density at radius 2 is 2.11 bits per heavy atom. The van der Waals surface area contributed by atoms with Gasteiger partial charge >= 0.3 is 0 Å². The molecule has 1 aromatic heterocycles. The minimum Gasteiger partial charge on any atom is -0.298 e. The number of ketones is 1. The number of benzene rings is 1. The van der Waals surface area contributed by atoms with Crippen LogP contribution in [0.4, 0.5) is 0 Å². The van der Waals surface area contributed by atoms with E-state index in [4.69, 9.17) is 0 Å². The number of aromatic nitrogens is 3. The number of hydrogen-bond donors (Lipinski definition) is 0. The van der Waals surface area contributed by atoms with Crippen molar-refractivity contribution in [3.63, 3.8) is 0 Å². The van der Waals surface area contributed by atoms with E-state index in [2.05, 4.69) is 10.1 Å². The van der Waals surface area contributed by atoms with E-state index in [0.717, 1.165) is 11.6 Å². The standard InChI is InChI=1S/C13H15N3OS/c1-18-13-14-10-15-16(13)9-12(17)8-7-11-5-3-2-4-6-11/h2-6,10H,7-9H2,1H3. The number of hydrogen-bond acceptors (Lipinski definition) is 4. The molecule has 94 valence electrons. The van der Waals surface area contributed by atoms with Gasteiger partial charge in [0.15, 0.2) is 10.9 Å². The molecule has 0 aliphatic heterocycles. The fraction of sp³-hybridized carbons (Fsp3) is 0.308. The second kappa shape index (κ2) is 6.35. The molecule has 0 N–H and O–H groups in total. The summed E-state index contributed by atoms with van der Waals surface area (Å²) >= 11 is 1.50. The third kappa shape index (κ3) is 3.43. The molecule has 4 nitrogen and oxygen atoms in total. The van der Waals surface area contributed by atoms with Gasteiger partial charge in [-0.1, -0.05) is 42.1 Å². The molecule has 0 saturated heterocycles. The predicted octanol–water partition coefficient (Wildman–Crippen LogP) is 2.20. The Bertz CT molecular complexity index is 510. The van der Waals surface area contributed by atoms with Gasteiger partial charge in [-0.3, -0.25) is 4.79 Å². The van der Waals surface area contributed by atoms with Crippen LogP contribution < -0.4 is 0 Å². The van der Waals surface area contributed by atoms with Crippen LogP contribution in [0.3, 0.4) is 0 Å². The molecule has 0 radical (unpaired) electrons. The molecule has 0 spiro atoms. The summed E-state index contributed by atoms with van der Waals surface area (Å²) in [6, 6.07) is 10.0. The average molecular weight is 261 g/mol. The molecule has 5 heteroatoms. The monoisotopic (exact) mass is 261 g/mol. The molecular formula is C13H15N3OS. The van der Waals surface area contributed by atoms with E-state index < -0.39 is 0 Å². The minimum atomic E-state index is 0.180. The van der Waals surface area contributed by atoms with Crippen molar-refractivity contribution < 1.29 is 4.79 Å². The van der Waals surface area contributed by atoms with Gasteiger partial charge in [0.1, 0.15) is 12.9 Å². The summed E-state index contributed by atoms with van der Waals surface area (Å²) in [6.45, 7) is 0.309. The molecule has 0 fully saturated rings. The smallest absolute Gasteiger partial charge is 0.186 e. The molecule has 2 rings (SSSR count). The van der Waals surface area contributed by atoms with E-state index in [1.165, 1.54) is 23.7 Å². The van der Waals surface area contributed by atoms with Gasteiger partial charge in [0, 0.05) is 6.42 Å². The first-order chi connectivity index (χ1) is 8.79. The third-order valence-corrected chi connectivity index (χ3v) is 3.31. The predicted molar refractivity (Wildman–Crippen MR) is 71.6 cm³/mol. The molecule has 0 saturated carbocycles. The van der Waals surface area contributed by atoms with Crippen LogP contribution in [-0.4, -0.2) is 26.8 Å². The van der Waals surface area contributed by atoms with Gasteiger partial charge in [-0.2, -0.15) is 5.10 Å². The number of carbonyl (C=O) groups is 1. The van der Waals surface area contributed by atoms with Crippen molar-refractivity contribution in [3.05, 3.63) is 42.2 Å². The number of Topliss-reactive ketones (excluding diaryl/α,β-unsaturated/α-hetero) is 1. The topological polar surface area (TPSA) is 47.8 Å². The maximum absolute atomic E-state index is 11.9. The van der Waals surface area contributed by atoms with Gasteiger partial charge < -0.3 is 0 Å². The number of nitrogens with zero attached hydrogens (tertiary/aromatic N) is 3. The Labute approximate surface area is 110 Å². The van der Waals surface area contributed by atoms with Crippen molar-refractivity contribution in [2.75, 3.05) is 6.26 Å². The van der Waals surface area contributed by atoms with E-state index in [1.54, 1.807) is 4.68 Å². The van der Waals surface area contributed by atoms with Gasteiger partial charge in [0.2, 0.25) is 0 Å². The van der Waals surface area contributed by atoms with Crippen LogP contribution >= 0.6 is 11.8 Å². The summed E-state index contributed by atoms with van der Waals surface area (Å²) in [4.78, 5) is 15.9. The van der Waals surface area contributed by atoms with Crippen molar-refractivity contribution in [1.82, 2.24) is 14.8 Å². The van der Waals surface area contributed by atoms with Gasteiger partial charge in [-0.05, 0) is 18.2 Å². The fourth-order valence-electron chi connectivity index (χ4n) is 1.69. The first kappa shape index (κ1) is 12.8. The number of rotatable bonds is 6. The number of aryl methyl sites for hydroxylation is 1. The molecule has 1 aromatic carbocycles. The Hall–Kier alpha value is -1.62. The summed E-state index contributed by atoms with van der Waals surface area (Å²) in [7, 11) is 0. The van der Waals surface area contributed by atoms with Crippen LogP contribution in [0, 0.1) is 0 Å². The lowest BCUT2D eigenvalue weighted by Gasteiger charge is -2.03. The molecule has 1 heterocycles. The van der Waals surface area contributed by atoms with Gasteiger partial charge in [0.25, 0.3) is 0 Å². The zero-order valence-electron chi connectivity index (χ0n) is 10.2. The van der Waals surface area contributed by atoms with Crippen LogP contribution in [-0.2, 0) is 17.8 Å². The SMILES string of the molecule is CSc1ncnn1CC(=O)CCc1ccccc1. The molecular weight excluding hydrogens is 246 g/mol. The molecule has 0 aliphatic rings. The number of thioether (sulfide) groups is 1. The maximum atomic E-state index is 11.9. The molecule has 0 aliphatic carbocycles. The molecule has 0 atom stereocenters. The van der Waals surface area contributed by atoms with E-state index in [9.17, 15) is 4.79 Å². The van der Waals surface area contributed by atoms with Gasteiger partial charge in [0.05, 0.1) is 0 Å². The highest BCUT2D eigenvalue weighted by Gasteiger charge is 2.08. The molecule has 0 unspecified atom stereocenters. The molecule has 0 amide bonds. The highest BCUT2D eigenvalue weighted by Crippen LogP contribution is 2.10. The minimum absolute atomic E-state index is 0.180.